The smallest absolute Gasteiger partial charge is 0.418 e. The SMILES string of the molecule is CCCCN1C=CN(c2ccccc2)C1.F[B-](F)(F)F. The van der Waals surface area contributed by atoms with Crippen molar-refractivity contribution < 1.29 is 17.3 Å². The molecule has 1 heterocycles. The lowest BCUT2D eigenvalue weighted by molar-refractivity contribution is 0.368. The van der Waals surface area contributed by atoms with E-state index in [9.17, 15) is 17.3 Å². The van der Waals surface area contributed by atoms with Gasteiger partial charge in [0, 0.05) is 24.6 Å². The highest BCUT2D eigenvalue weighted by Gasteiger charge is 2.20. The van der Waals surface area contributed by atoms with Gasteiger partial charge in [-0.05, 0) is 18.6 Å². The molecule has 20 heavy (non-hydrogen) atoms. The van der Waals surface area contributed by atoms with Gasteiger partial charge in [-0.15, -0.1) is 0 Å². The molecule has 0 spiro atoms. The lowest BCUT2D eigenvalue weighted by Crippen LogP contribution is -2.25. The number of hydrogen-bond acceptors (Lipinski definition) is 2. The molecular weight excluding hydrogens is 271 g/mol. The van der Waals surface area contributed by atoms with Crippen molar-refractivity contribution in [2.45, 2.75) is 19.8 Å². The maximum atomic E-state index is 9.75. The van der Waals surface area contributed by atoms with Gasteiger partial charge < -0.3 is 27.1 Å². The van der Waals surface area contributed by atoms with Crippen molar-refractivity contribution in [3.63, 3.8) is 0 Å². The van der Waals surface area contributed by atoms with E-state index in [0.29, 0.717) is 0 Å². The number of benzene rings is 1. The molecule has 0 saturated carbocycles. The molecule has 0 saturated heterocycles. The molecule has 0 unspecified atom stereocenters. The van der Waals surface area contributed by atoms with E-state index < -0.39 is 7.25 Å². The molecule has 0 fully saturated rings. The first-order valence-electron chi connectivity index (χ1n) is 6.51. The number of rotatable bonds is 4. The summed E-state index contributed by atoms with van der Waals surface area (Å²) in [6, 6.07) is 10.5. The summed E-state index contributed by atoms with van der Waals surface area (Å²) in [4.78, 5) is 4.63. The molecule has 2 rings (SSSR count). The largest absolute Gasteiger partial charge is 0.673 e. The normalized spacial score (nSPS) is 14.2. The van der Waals surface area contributed by atoms with Crippen LogP contribution in [-0.4, -0.2) is 25.4 Å². The van der Waals surface area contributed by atoms with Gasteiger partial charge in [0.2, 0.25) is 0 Å². The van der Waals surface area contributed by atoms with Gasteiger partial charge in [-0.1, -0.05) is 31.5 Å². The van der Waals surface area contributed by atoms with Gasteiger partial charge in [0.05, 0.1) is 6.67 Å². The number of halogens is 4. The van der Waals surface area contributed by atoms with Crippen molar-refractivity contribution in [2.75, 3.05) is 18.1 Å². The third kappa shape index (κ3) is 7.06. The van der Waals surface area contributed by atoms with Crippen LogP contribution in [0.3, 0.4) is 0 Å². The Labute approximate surface area is 116 Å². The first kappa shape index (κ1) is 16.4. The Morgan fingerprint density at radius 3 is 2.20 bits per heavy atom. The first-order chi connectivity index (χ1) is 9.40. The molecule has 0 N–H and O–H groups in total. The predicted molar refractivity (Wildman–Crippen MR) is 74.7 cm³/mol. The minimum Gasteiger partial charge on any atom is -0.418 e. The topological polar surface area (TPSA) is 6.48 Å². The molecule has 112 valence electrons. The molecule has 2 nitrogen and oxygen atoms in total. The van der Waals surface area contributed by atoms with E-state index in [1.54, 1.807) is 0 Å². The van der Waals surface area contributed by atoms with E-state index >= 15 is 0 Å². The highest BCUT2D eigenvalue weighted by molar-refractivity contribution is 6.50. The Kier molecular flexibility index (Phi) is 6.41. The van der Waals surface area contributed by atoms with Crippen LogP contribution in [-0.2, 0) is 0 Å². The third-order valence-electron chi connectivity index (χ3n) is 2.68. The predicted octanol–water partition coefficient (Wildman–Crippen LogP) is 4.34. The van der Waals surface area contributed by atoms with Crippen LogP contribution < -0.4 is 4.90 Å². The van der Waals surface area contributed by atoms with Crippen LogP contribution >= 0.6 is 0 Å². The van der Waals surface area contributed by atoms with E-state index in [1.165, 1.54) is 18.5 Å². The summed E-state index contributed by atoms with van der Waals surface area (Å²) in [5.41, 5.74) is 1.27. The van der Waals surface area contributed by atoms with Gasteiger partial charge in [0.25, 0.3) is 0 Å². The van der Waals surface area contributed by atoms with Crippen LogP contribution in [0.1, 0.15) is 19.8 Å². The van der Waals surface area contributed by atoms with E-state index in [2.05, 4.69) is 59.5 Å². The second kappa shape index (κ2) is 7.82. The molecule has 0 radical (unpaired) electrons. The average molecular weight is 289 g/mol. The third-order valence-corrected chi connectivity index (χ3v) is 2.68. The van der Waals surface area contributed by atoms with Crippen molar-refractivity contribution in [3.8, 4) is 0 Å². The maximum Gasteiger partial charge on any atom is 0.673 e. The van der Waals surface area contributed by atoms with Crippen LogP contribution in [0.15, 0.2) is 42.7 Å². The van der Waals surface area contributed by atoms with Crippen molar-refractivity contribution in [3.05, 3.63) is 42.7 Å². The van der Waals surface area contributed by atoms with Crippen molar-refractivity contribution >= 4 is 12.9 Å². The fraction of sp³-hybridized carbons (Fsp3) is 0.385. The van der Waals surface area contributed by atoms with Crippen molar-refractivity contribution in [1.82, 2.24) is 4.90 Å². The van der Waals surface area contributed by atoms with Crippen molar-refractivity contribution in [2.24, 2.45) is 0 Å². The maximum absolute atomic E-state index is 9.75. The summed E-state index contributed by atoms with van der Waals surface area (Å²) in [6.45, 7) is 4.38. The number of nitrogens with zero attached hydrogens (tertiary/aromatic N) is 2. The standard InChI is InChI=1S/C13H18N2.BF4/c1-2-3-9-14-10-11-15(12-14)13-7-5-4-6-8-13;2-1(3,4)5/h4-8,10-11H,2-3,9,12H2,1H3;/q;-1. The van der Waals surface area contributed by atoms with E-state index in [0.717, 1.165) is 13.2 Å². The Bertz CT molecular complexity index is 403. The Morgan fingerprint density at radius 2 is 1.65 bits per heavy atom. The zero-order chi connectivity index (χ0) is 15.0. The van der Waals surface area contributed by atoms with Gasteiger partial charge in [0.1, 0.15) is 0 Å². The molecule has 0 atom stereocenters. The summed E-state index contributed by atoms with van der Waals surface area (Å²) in [7, 11) is -6.00. The highest BCUT2D eigenvalue weighted by atomic mass is 19.5. The highest BCUT2D eigenvalue weighted by Crippen LogP contribution is 2.18. The van der Waals surface area contributed by atoms with Crippen LogP contribution in [0.2, 0.25) is 0 Å². The minimum absolute atomic E-state index is 0.990. The fourth-order valence-corrected chi connectivity index (χ4v) is 1.76. The number of anilines is 1. The Hall–Kier alpha value is -1.66. The second-order valence-corrected chi connectivity index (χ2v) is 4.41. The molecule has 1 aromatic rings. The summed E-state index contributed by atoms with van der Waals surface area (Å²) in [5.74, 6) is 0. The fourth-order valence-electron chi connectivity index (χ4n) is 1.76. The number of para-hydroxylation sites is 1. The molecule has 0 amide bonds. The van der Waals surface area contributed by atoms with E-state index in [-0.39, 0.29) is 0 Å². The Balaban J connectivity index is 0.000000347. The van der Waals surface area contributed by atoms with Crippen LogP contribution in [0, 0.1) is 0 Å². The monoisotopic (exact) mass is 289 g/mol. The molecule has 0 bridgehead atoms. The number of unbranched alkanes of at least 4 members (excludes halogenated alkanes) is 1. The number of hydrogen-bond donors (Lipinski definition) is 0. The van der Waals surface area contributed by atoms with Gasteiger partial charge in [-0.25, -0.2) is 0 Å². The molecule has 0 aliphatic carbocycles. The van der Waals surface area contributed by atoms with Gasteiger partial charge in [-0.3, -0.25) is 0 Å². The first-order valence-corrected chi connectivity index (χ1v) is 6.51. The average Bonchev–Trinajstić information content (AvgIpc) is 2.84. The van der Waals surface area contributed by atoms with Gasteiger partial charge in [0.15, 0.2) is 0 Å². The van der Waals surface area contributed by atoms with Gasteiger partial charge in [-0.2, -0.15) is 0 Å². The molecule has 0 aromatic heterocycles. The van der Waals surface area contributed by atoms with Crippen LogP contribution in [0.4, 0.5) is 23.0 Å². The van der Waals surface area contributed by atoms with Crippen LogP contribution in [0.5, 0.6) is 0 Å². The Morgan fingerprint density at radius 1 is 1.05 bits per heavy atom. The van der Waals surface area contributed by atoms with E-state index in [1.807, 2.05) is 0 Å². The molecular formula is C13H18BF4N2-. The quantitative estimate of drug-likeness (QED) is 0.601. The van der Waals surface area contributed by atoms with Gasteiger partial charge >= 0.3 is 7.25 Å². The van der Waals surface area contributed by atoms with E-state index in [4.69, 9.17) is 0 Å². The summed E-state index contributed by atoms with van der Waals surface area (Å²) < 4.78 is 39.0. The second-order valence-electron chi connectivity index (χ2n) is 4.41. The molecule has 1 aromatic carbocycles. The minimum atomic E-state index is -6.00. The molecule has 7 heteroatoms. The van der Waals surface area contributed by atoms with Crippen molar-refractivity contribution in [1.29, 1.82) is 0 Å². The zero-order valence-electron chi connectivity index (χ0n) is 11.4. The lowest BCUT2D eigenvalue weighted by atomic mass is 10.3. The summed E-state index contributed by atoms with van der Waals surface area (Å²) >= 11 is 0. The van der Waals surface area contributed by atoms with Crippen LogP contribution in [0.25, 0.3) is 0 Å². The molecule has 1 aliphatic heterocycles. The lowest BCUT2D eigenvalue weighted by Gasteiger charge is -2.21. The zero-order valence-corrected chi connectivity index (χ0v) is 11.4. The summed E-state index contributed by atoms with van der Waals surface area (Å²) in [5, 5.41) is 0. The molecule has 1 aliphatic rings. The summed E-state index contributed by atoms with van der Waals surface area (Å²) in [6.07, 6.45) is 6.87.